The Kier molecular flexibility index (Phi) is 6.26. The number of hydrogen-bond donors (Lipinski definition) is 2. The van der Waals surface area contributed by atoms with Crippen molar-refractivity contribution in [3.05, 3.63) is 95.2 Å². The first kappa shape index (κ1) is 22.1. The van der Waals surface area contributed by atoms with Crippen molar-refractivity contribution in [3.63, 3.8) is 0 Å². The van der Waals surface area contributed by atoms with Gasteiger partial charge in [-0.3, -0.25) is 4.79 Å². The van der Waals surface area contributed by atoms with Crippen LogP contribution in [0.5, 0.6) is 11.5 Å². The molecule has 5 nitrogen and oxygen atoms in total. The maximum absolute atomic E-state index is 13.6. The Labute approximate surface area is 200 Å². The highest BCUT2D eigenvalue weighted by molar-refractivity contribution is 6.01. The summed E-state index contributed by atoms with van der Waals surface area (Å²) in [6.45, 7) is 2.81. The third-order valence-electron chi connectivity index (χ3n) is 6.58. The number of carbonyl (C=O) groups excluding carboxylic acids is 1. The molecule has 1 aliphatic heterocycles. The number of para-hydroxylation sites is 2. The number of rotatable bonds is 6. The first-order valence-electron chi connectivity index (χ1n) is 11.9. The summed E-state index contributed by atoms with van der Waals surface area (Å²) in [5.41, 5.74) is 5.99. The molecule has 3 aromatic carbocycles. The number of nitrogens with one attached hydrogen (secondary N) is 2. The van der Waals surface area contributed by atoms with E-state index in [0.29, 0.717) is 13.0 Å². The molecule has 0 spiro atoms. The first-order chi connectivity index (χ1) is 16.7. The van der Waals surface area contributed by atoms with Gasteiger partial charge in [0.15, 0.2) is 5.78 Å². The molecule has 1 heterocycles. The van der Waals surface area contributed by atoms with Crippen molar-refractivity contribution in [2.24, 2.45) is 0 Å². The average molecular weight is 455 g/mol. The predicted octanol–water partition coefficient (Wildman–Crippen LogP) is 6.46. The molecule has 1 aliphatic carbocycles. The highest BCUT2D eigenvalue weighted by Crippen LogP contribution is 2.44. The fourth-order valence-corrected chi connectivity index (χ4v) is 4.83. The number of hydrogen-bond acceptors (Lipinski definition) is 5. The number of ketones is 1. The van der Waals surface area contributed by atoms with Gasteiger partial charge in [0, 0.05) is 17.7 Å². The second-order valence-corrected chi connectivity index (χ2v) is 8.86. The Balaban J connectivity index is 1.50. The third-order valence-corrected chi connectivity index (χ3v) is 6.58. The van der Waals surface area contributed by atoms with Crippen LogP contribution in [0.1, 0.15) is 49.3 Å². The van der Waals surface area contributed by atoms with E-state index >= 15 is 0 Å². The van der Waals surface area contributed by atoms with Crippen molar-refractivity contribution in [3.8, 4) is 11.5 Å². The van der Waals surface area contributed by atoms with Gasteiger partial charge in [0.2, 0.25) is 0 Å². The molecule has 5 heteroatoms. The van der Waals surface area contributed by atoms with E-state index in [1.165, 1.54) is 0 Å². The molecular weight excluding hydrogens is 424 g/mol. The molecule has 2 aliphatic rings. The maximum atomic E-state index is 13.6. The topological polar surface area (TPSA) is 59.6 Å². The van der Waals surface area contributed by atoms with Crippen LogP contribution in [0.3, 0.4) is 0 Å². The minimum absolute atomic E-state index is 0.126. The zero-order valence-electron chi connectivity index (χ0n) is 19.6. The molecule has 5 rings (SSSR count). The molecule has 0 bridgehead atoms. The second kappa shape index (κ2) is 9.64. The van der Waals surface area contributed by atoms with Crippen molar-refractivity contribution < 1.29 is 14.3 Å². The molecule has 0 radical (unpaired) electrons. The Morgan fingerprint density at radius 1 is 0.853 bits per heavy atom. The molecule has 0 fully saturated rings. The number of ether oxygens (including phenoxy) is 2. The smallest absolute Gasteiger partial charge is 0.163 e. The number of fused-ring (bicyclic) bond motifs is 1. The minimum Gasteiger partial charge on any atom is -0.497 e. The Morgan fingerprint density at radius 3 is 2.24 bits per heavy atom. The largest absolute Gasteiger partial charge is 0.497 e. The number of carbonyl (C=O) groups is 1. The molecule has 2 unspecified atom stereocenters. The molecule has 0 aromatic heterocycles. The summed E-state index contributed by atoms with van der Waals surface area (Å²) < 4.78 is 11.1. The van der Waals surface area contributed by atoms with Crippen molar-refractivity contribution in [2.75, 3.05) is 24.4 Å². The number of methoxy groups -OCH3 is 1. The lowest BCUT2D eigenvalue weighted by atomic mass is 9.78. The number of benzene rings is 3. The van der Waals surface area contributed by atoms with Crippen molar-refractivity contribution in [1.29, 1.82) is 0 Å². The molecule has 0 amide bonds. The van der Waals surface area contributed by atoms with Crippen LogP contribution in [0.4, 0.5) is 11.4 Å². The predicted molar refractivity (Wildman–Crippen MR) is 136 cm³/mol. The summed E-state index contributed by atoms with van der Waals surface area (Å²) in [4.78, 5) is 13.6. The molecule has 3 aromatic rings. The Morgan fingerprint density at radius 2 is 1.53 bits per heavy atom. The van der Waals surface area contributed by atoms with Crippen LogP contribution < -0.4 is 20.1 Å². The second-order valence-electron chi connectivity index (χ2n) is 8.86. The molecular formula is C29H30N2O3. The fraction of sp³-hybridized carbons (Fsp3) is 0.276. The van der Waals surface area contributed by atoms with Crippen LogP contribution in [0.2, 0.25) is 0 Å². The van der Waals surface area contributed by atoms with E-state index < -0.39 is 0 Å². The summed E-state index contributed by atoms with van der Waals surface area (Å²) in [5, 5.41) is 7.23. The quantitative estimate of drug-likeness (QED) is 0.447. The molecule has 0 saturated heterocycles. The van der Waals surface area contributed by atoms with E-state index in [1.54, 1.807) is 7.11 Å². The van der Waals surface area contributed by atoms with Crippen molar-refractivity contribution in [2.45, 2.75) is 38.1 Å². The summed E-state index contributed by atoms with van der Waals surface area (Å²) in [7, 11) is 1.66. The normalized spacial score (nSPS) is 19.3. The van der Waals surface area contributed by atoms with Crippen LogP contribution >= 0.6 is 0 Å². The molecule has 2 atom stereocenters. The highest BCUT2D eigenvalue weighted by atomic mass is 16.5. The van der Waals surface area contributed by atoms with Crippen LogP contribution in [0, 0.1) is 0 Å². The van der Waals surface area contributed by atoms with Gasteiger partial charge in [-0.15, -0.1) is 0 Å². The van der Waals surface area contributed by atoms with E-state index in [-0.39, 0.29) is 17.7 Å². The lowest BCUT2D eigenvalue weighted by molar-refractivity contribution is -0.116. The van der Waals surface area contributed by atoms with Crippen LogP contribution in [-0.4, -0.2) is 19.5 Å². The molecule has 34 heavy (non-hydrogen) atoms. The van der Waals surface area contributed by atoms with Crippen LogP contribution in [-0.2, 0) is 4.79 Å². The zero-order valence-corrected chi connectivity index (χ0v) is 19.6. The zero-order chi connectivity index (χ0) is 23.5. The Hall–Kier alpha value is -3.73. The van der Waals surface area contributed by atoms with Gasteiger partial charge < -0.3 is 20.1 Å². The van der Waals surface area contributed by atoms with Gasteiger partial charge in [-0.25, -0.2) is 0 Å². The Bertz CT molecular complexity index is 1200. The number of Topliss-reactive ketones (excluding diaryl/α,β-unsaturated/α-hetero) is 1. The van der Waals surface area contributed by atoms with Crippen LogP contribution in [0.25, 0.3) is 0 Å². The minimum atomic E-state index is -0.227. The highest BCUT2D eigenvalue weighted by Gasteiger charge is 2.36. The number of anilines is 2. The van der Waals surface area contributed by atoms with Crippen molar-refractivity contribution >= 4 is 17.2 Å². The van der Waals surface area contributed by atoms with E-state index in [4.69, 9.17) is 9.47 Å². The lowest BCUT2D eigenvalue weighted by Crippen LogP contribution is -2.26. The van der Waals surface area contributed by atoms with E-state index in [1.807, 2.05) is 54.6 Å². The SMILES string of the molecule is CCCOc1ccc(C2CC(=O)C3=C(C2)Nc2ccccc2NC3c2ccc(OC)cc2)cc1. The maximum Gasteiger partial charge on any atom is 0.163 e. The molecule has 174 valence electrons. The summed E-state index contributed by atoms with van der Waals surface area (Å²) in [6.07, 6.45) is 2.24. The average Bonchev–Trinajstić information content (AvgIpc) is 3.05. The van der Waals surface area contributed by atoms with Crippen molar-refractivity contribution in [1.82, 2.24) is 0 Å². The van der Waals surface area contributed by atoms with E-state index in [0.717, 1.165) is 58.1 Å². The van der Waals surface area contributed by atoms with Gasteiger partial charge in [0.05, 0.1) is 31.1 Å². The monoisotopic (exact) mass is 454 g/mol. The van der Waals surface area contributed by atoms with Gasteiger partial charge in [0.25, 0.3) is 0 Å². The van der Waals surface area contributed by atoms with Gasteiger partial charge >= 0.3 is 0 Å². The van der Waals surface area contributed by atoms with E-state index in [2.05, 4.69) is 35.8 Å². The van der Waals surface area contributed by atoms with Gasteiger partial charge in [-0.05, 0) is 66.3 Å². The summed E-state index contributed by atoms with van der Waals surface area (Å²) >= 11 is 0. The lowest BCUT2D eigenvalue weighted by Gasteiger charge is -2.30. The molecule has 0 saturated carbocycles. The third kappa shape index (κ3) is 4.38. The fourth-order valence-electron chi connectivity index (χ4n) is 4.83. The summed E-state index contributed by atoms with van der Waals surface area (Å²) in [5.74, 6) is 1.97. The van der Waals surface area contributed by atoms with Crippen LogP contribution in [0.15, 0.2) is 84.1 Å². The summed E-state index contributed by atoms with van der Waals surface area (Å²) in [6, 6.07) is 24.1. The standard InChI is InChI=1S/C29H30N2O3/c1-3-16-34-23-14-8-19(9-15-23)21-17-26-28(27(32)18-21)29(20-10-12-22(33-2)13-11-20)31-25-7-5-4-6-24(25)30-26/h4-15,21,29-31H,3,16-18H2,1-2H3. The number of allylic oxidation sites excluding steroid dienone is 1. The van der Waals surface area contributed by atoms with Gasteiger partial charge in [-0.2, -0.15) is 0 Å². The first-order valence-corrected chi connectivity index (χ1v) is 11.9. The van der Waals surface area contributed by atoms with Gasteiger partial charge in [0.1, 0.15) is 11.5 Å². The van der Waals surface area contributed by atoms with Gasteiger partial charge in [-0.1, -0.05) is 43.3 Å². The molecule has 2 N–H and O–H groups in total. The van der Waals surface area contributed by atoms with E-state index in [9.17, 15) is 4.79 Å².